The summed E-state index contributed by atoms with van der Waals surface area (Å²) in [7, 11) is -13.7. The number of halogens is 5. The number of rotatable bonds is 4. The van der Waals surface area contributed by atoms with Crippen LogP contribution in [0.15, 0.2) is 60.9 Å². The summed E-state index contributed by atoms with van der Waals surface area (Å²) in [6, 6.07) is 18.4. The summed E-state index contributed by atoms with van der Waals surface area (Å²) in [5, 5.41) is 10.8. The van der Waals surface area contributed by atoms with Crippen molar-refractivity contribution in [1.82, 2.24) is 13.6 Å². The third kappa shape index (κ3) is 14.8. The van der Waals surface area contributed by atoms with Gasteiger partial charge >= 0.3 is 26.3 Å². The van der Waals surface area contributed by atoms with Gasteiger partial charge in [0, 0.05) is 26.4 Å². The molecule has 2 atom stereocenters. The lowest BCUT2D eigenvalue weighted by molar-refractivity contribution is -0.676. The normalized spacial score (nSPS) is 17.7. The summed E-state index contributed by atoms with van der Waals surface area (Å²) < 4.78 is 130. The molecule has 12 nitrogen and oxygen atoms in total. The van der Waals surface area contributed by atoms with Gasteiger partial charge in [-0.1, -0.05) is 71.4 Å². The molecule has 0 saturated carbocycles. The molecule has 2 unspecified atom stereocenters. The van der Waals surface area contributed by atoms with E-state index in [1.165, 1.54) is 55.1 Å². The molecule has 0 radical (unpaired) electrons. The lowest BCUT2D eigenvalue weighted by atomic mass is 10.0. The van der Waals surface area contributed by atoms with Crippen LogP contribution in [0.4, 0.5) is 20.9 Å². The second-order valence-corrected chi connectivity index (χ2v) is 14.9. The number of hydrogen-bond acceptors (Lipinski definition) is 9. The van der Waals surface area contributed by atoms with Crippen molar-refractivity contribution in [3.8, 4) is 6.07 Å². The van der Waals surface area contributed by atoms with E-state index in [9.17, 15) is 37.8 Å². The molecule has 0 bridgehead atoms. The van der Waals surface area contributed by atoms with E-state index in [1.54, 1.807) is 13.1 Å². The van der Waals surface area contributed by atoms with Crippen molar-refractivity contribution in [2.75, 3.05) is 13.1 Å². The Labute approximate surface area is 290 Å². The maximum atomic E-state index is 13.0. The standard InChI is InChI=1S/C11H14FNO2S.C11H15N.C5H8FN2O2S.C2H3N.CHF3O3S/c1-9-4-2-5-10(8-9)11-6-3-7-13(11)16(12,14)15;1-9-4-2-5-10(8-9)11-6-3-7-12-11;1-5-7(2)3-4-8(5)11(6,9)10;1-2-3;2-1(3,4)8(5,6)7/h2,4-5,8,11H,3,6-7H2,1H3;2,4-5,8,11-12H,3,6-7H2,1H3;3-4H,1-2H3;1H3;(H,5,6,7)/q;;+1;;/p-1. The SMILES string of the molecule is CC#N.Cc1cccc(C2CCCN2)c1.Cc1cccc(C2CCCN2S(=O)(=O)F)c1.Cc1n(S(=O)(=O)F)cc[n+]1C.O=S(=O)([O-])C(F)(F)F. The van der Waals surface area contributed by atoms with Crippen LogP contribution in [0.1, 0.15) is 72.8 Å². The average molecular weight is 774 g/mol. The van der Waals surface area contributed by atoms with Crippen LogP contribution in [-0.4, -0.2) is 56.7 Å². The van der Waals surface area contributed by atoms with Crippen LogP contribution in [0.3, 0.4) is 0 Å². The summed E-state index contributed by atoms with van der Waals surface area (Å²) in [5.74, 6) is 0.326. The smallest absolute Gasteiger partial charge is 0.485 e. The minimum absolute atomic E-state index is 0.275. The van der Waals surface area contributed by atoms with Crippen LogP contribution in [-0.2, 0) is 38.0 Å². The van der Waals surface area contributed by atoms with Gasteiger partial charge in [-0.3, -0.25) is 0 Å². The van der Waals surface area contributed by atoms with Crippen molar-refractivity contribution < 1.29 is 55.3 Å². The van der Waals surface area contributed by atoms with Gasteiger partial charge in [0.15, 0.2) is 10.1 Å². The molecule has 2 saturated heterocycles. The number of benzene rings is 2. The Morgan fingerprint density at radius 3 is 1.76 bits per heavy atom. The first-order valence-electron chi connectivity index (χ1n) is 14.8. The number of aryl methyl sites for hydroxylation is 3. The number of imidazole rings is 1. The van der Waals surface area contributed by atoms with E-state index in [0.717, 1.165) is 21.6 Å². The zero-order chi connectivity index (χ0) is 38.5. The third-order valence-corrected chi connectivity index (χ3v) is 9.61. The number of nitrogens with zero attached hydrogens (tertiary/aromatic N) is 4. The first kappa shape index (κ1) is 44.5. The minimum atomic E-state index is -6.09. The van der Waals surface area contributed by atoms with Gasteiger partial charge in [-0.05, 0) is 57.2 Å². The van der Waals surface area contributed by atoms with Gasteiger partial charge in [-0.2, -0.15) is 39.6 Å². The lowest BCUT2D eigenvalue weighted by Gasteiger charge is -2.20. The Morgan fingerprint density at radius 2 is 1.40 bits per heavy atom. The highest BCUT2D eigenvalue weighted by Gasteiger charge is 2.37. The molecule has 2 aliphatic heterocycles. The van der Waals surface area contributed by atoms with E-state index < -0.39 is 36.4 Å². The quantitative estimate of drug-likeness (QED) is 0.125. The highest BCUT2D eigenvalue weighted by molar-refractivity contribution is 7.86. The maximum Gasteiger partial charge on any atom is 0.485 e. The Bertz CT molecular complexity index is 1910. The van der Waals surface area contributed by atoms with Crippen molar-refractivity contribution in [2.24, 2.45) is 7.05 Å². The Balaban J connectivity index is 0.000000333. The summed E-state index contributed by atoms with van der Waals surface area (Å²) in [6.07, 6.45) is 6.63. The average Bonchev–Trinajstić information content (AvgIpc) is 3.76. The molecule has 3 aromatic rings. The molecule has 5 rings (SSSR count). The third-order valence-electron chi connectivity index (χ3n) is 7.19. The number of hydrogen-bond donors (Lipinski definition) is 1. The predicted octanol–water partition coefficient (Wildman–Crippen LogP) is 5.03. The molecule has 2 aromatic carbocycles. The number of nitrogens with one attached hydrogen (secondary N) is 1. The summed E-state index contributed by atoms with van der Waals surface area (Å²) in [5.41, 5.74) is -0.902. The highest BCUT2D eigenvalue weighted by Crippen LogP contribution is 2.34. The fraction of sp³-hybridized carbons (Fsp3) is 0.467. The van der Waals surface area contributed by atoms with Crippen molar-refractivity contribution in [1.29, 1.82) is 5.26 Å². The molecule has 2 fully saturated rings. The molecule has 3 heterocycles. The number of nitriles is 1. The van der Waals surface area contributed by atoms with Crippen LogP contribution >= 0.6 is 0 Å². The van der Waals surface area contributed by atoms with E-state index in [0.29, 0.717) is 28.7 Å². The van der Waals surface area contributed by atoms with Gasteiger partial charge in [-0.25, -0.2) is 13.0 Å². The second-order valence-electron chi connectivity index (χ2n) is 11.0. The lowest BCUT2D eigenvalue weighted by Crippen LogP contribution is -2.30. The first-order valence-corrected chi connectivity index (χ1v) is 18.9. The van der Waals surface area contributed by atoms with E-state index in [1.807, 2.05) is 31.2 Å². The van der Waals surface area contributed by atoms with E-state index in [4.69, 9.17) is 18.2 Å². The molecule has 0 amide bonds. The van der Waals surface area contributed by atoms with Gasteiger partial charge in [-0.15, -0.1) is 0 Å². The molecule has 1 aromatic heterocycles. The molecule has 20 heteroatoms. The van der Waals surface area contributed by atoms with E-state index >= 15 is 0 Å². The van der Waals surface area contributed by atoms with Gasteiger partial charge in [0.1, 0.15) is 12.4 Å². The molecule has 50 heavy (non-hydrogen) atoms. The van der Waals surface area contributed by atoms with Gasteiger partial charge in [0.05, 0.1) is 19.2 Å². The fourth-order valence-electron chi connectivity index (χ4n) is 4.83. The van der Waals surface area contributed by atoms with E-state index in [-0.39, 0.29) is 12.6 Å². The van der Waals surface area contributed by atoms with Gasteiger partial charge in [0.2, 0.25) is 0 Å². The van der Waals surface area contributed by atoms with Gasteiger partial charge < -0.3 is 9.87 Å². The van der Waals surface area contributed by atoms with Crippen LogP contribution in [0.25, 0.3) is 0 Å². The van der Waals surface area contributed by atoms with Crippen LogP contribution in [0.5, 0.6) is 0 Å². The zero-order valence-electron chi connectivity index (χ0n) is 27.9. The van der Waals surface area contributed by atoms with Crippen molar-refractivity contribution in [2.45, 2.75) is 71.0 Å². The van der Waals surface area contributed by atoms with E-state index in [2.05, 4.69) is 36.5 Å². The number of alkyl halides is 3. The predicted molar refractivity (Wildman–Crippen MR) is 174 cm³/mol. The van der Waals surface area contributed by atoms with Crippen LogP contribution < -0.4 is 9.88 Å². The molecule has 2 aliphatic rings. The zero-order valence-corrected chi connectivity index (χ0v) is 30.4. The molecular weight excluding hydrogens is 734 g/mol. The summed E-state index contributed by atoms with van der Waals surface area (Å²) >= 11 is 0. The number of aromatic nitrogens is 2. The highest BCUT2D eigenvalue weighted by atomic mass is 32.3. The molecule has 1 N–H and O–H groups in total. The van der Waals surface area contributed by atoms with Crippen molar-refractivity contribution in [3.63, 3.8) is 0 Å². The molecule has 0 spiro atoms. The second kappa shape index (κ2) is 19.2. The van der Waals surface area contributed by atoms with Crippen LogP contribution in [0, 0.1) is 32.1 Å². The Morgan fingerprint density at radius 1 is 0.900 bits per heavy atom. The first-order chi connectivity index (χ1) is 22.9. The molecule has 280 valence electrons. The fourth-order valence-corrected chi connectivity index (χ4v) is 6.35. The Kier molecular flexibility index (Phi) is 17.1. The van der Waals surface area contributed by atoms with Crippen LogP contribution in [0.2, 0.25) is 0 Å². The van der Waals surface area contributed by atoms with Crippen molar-refractivity contribution in [3.05, 3.63) is 89.0 Å². The molecular formula is C30H40F5N5O7S3. The van der Waals surface area contributed by atoms with Crippen molar-refractivity contribution >= 4 is 30.9 Å². The summed E-state index contributed by atoms with van der Waals surface area (Å²) in [4.78, 5) is 0. The topological polar surface area (TPSA) is 173 Å². The Hall–Kier alpha value is -3.48. The van der Waals surface area contributed by atoms with Gasteiger partial charge in [0.25, 0.3) is 5.82 Å². The monoisotopic (exact) mass is 773 g/mol. The summed E-state index contributed by atoms with van der Waals surface area (Å²) in [6.45, 7) is 8.48. The minimum Gasteiger partial charge on any atom is -0.741 e. The molecule has 0 aliphatic carbocycles. The largest absolute Gasteiger partial charge is 0.741 e. The maximum absolute atomic E-state index is 13.0.